The molecule has 2 rings (SSSR count). The molecule has 0 unspecified atom stereocenters. The maximum atomic E-state index is 12.0. The number of carbonyl (C=O) groups is 2. The Kier molecular flexibility index (Phi) is 17.0. The molecule has 0 aliphatic carbocycles. The van der Waals surface area contributed by atoms with E-state index >= 15 is 0 Å². The number of hydrogen-bond donors (Lipinski definition) is 0. The second-order valence-corrected chi connectivity index (χ2v) is 4.64. The second kappa shape index (κ2) is 15.9. The molecule has 0 saturated heterocycles. The molecule has 0 saturated carbocycles. The molecule has 133 valence electrons. The Morgan fingerprint density at radius 2 is 1.54 bits per heavy atom. The van der Waals surface area contributed by atoms with Crippen LogP contribution in [0.25, 0.3) is 0 Å². The number of nitrogens with zero attached hydrogens (tertiary/aromatic N) is 1. The Morgan fingerprint density at radius 1 is 0.958 bits per heavy atom. The van der Waals surface area contributed by atoms with Crippen molar-refractivity contribution in [2.75, 3.05) is 20.3 Å². The number of imide groups is 1. The predicted octanol–water partition coefficient (Wildman–Crippen LogP) is 4.34. The van der Waals surface area contributed by atoms with E-state index < -0.39 is 0 Å². The van der Waals surface area contributed by atoms with Gasteiger partial charge in [-0.25, -0.2) is 0 Å². The molecule has 1 heterocycles. The Labute approximate surface area is 172 Å². The van der Waals surface area contributed by atoms with Crippen LogP contribution in [0.2, 0.25) is 0 Å². The summed E-state index contributed by atoms with van der Waals surface area (Å²) in [6.07, 6.45) is 3.93. The van der Waals surface area contributed by atoms with Gasteiger partial charge in [-0.1, -0.05) is 51.7 Å². The number of benzene rings is 1. The Hall–Kier alpha value is -0.576. The molecule has 0 N–H and O–H groups in total. The zero-order valence-electron chi connectivity index (χ0n) is 15.7. The number of ether oxygens (including phenoxy) is 1. The summed E-state index contributed by atoms with van der Waals surface area (Å²) >= 11 is 0. The average molecular weight is 409 g/mol. The van der Waals surface area contributed by atoms with Crippen molar-refractivity contribution in [2.45, 2.75) is 53.4 Å². The minimum absolute atomic E-state index is 0. The first-order chi connectivity index (χ1) is 11.3. The van der Waals surface area contributed by atoms with Gasteiger partial charge in [0, 0.05) is 53.0 Å². The first-order valence-corrected chi connectivity index (χ1v) is 8.61. The van der Waals surface area contributed by atoms with Crippen molar-refractivity contribution >= 4 is 11.8 Å². The summed E-state index contributed by atoms with van der Waals surface area (Å²) in [7, 11) is 1.69. The van der Waals surface area contributed by atoms with Crippen LogP contribution in [-0.4, -0.2) is 37.0 Å². The van der Waals surface area contributed by atoms with E-state index in [0.29, 0.717) is 17.7 Å². The number of amides is 2. The minimum Gasteiger partial charge on any atom is -0.385 e. The van der Waals surface area contributed by atoms with Gasteiger partial charge in [-0.2, -0.15) is 24.3 Å². The summed E-state index contributed by atoms with van der Waals surface area (Å²) in [5.74, 6) is -0.361. The van der Waals surface area contributed by atoms with Crippen LogP contribution in [0.15, 0.2) is 18.2 Å². The van der Waals surface area contributed by atoms with Gasteiger partial charge in [0.1, 0.15) is 0 Å². The number of rotatable bonds is 7. The van der Waals surface area contributed by atoms with Gasteiger partial charge in [0.2, 0.25) is 11.8 Å². The molecule has 0 atom stereocenters. The number of methoxy groups -OCH3 is 1. The zero-order valence-corrected chi connectivity index (χ0v) is 18.6. The van der Waals surface area contributed by atoms with Crippen molar-refractivity contribution in [3.8, 4) is 0 Å². The predicted molar refractivity (Wildman–Crippen MR) is 93.7 cm³/mol. The van der Waals surface area contributed by atoms with E-state index in [-0.39, 0.29) is 44.5 Å². The van der Waals surface area contributed by atoms with Gasteiger partial charge in [-0.15, -0.1) is 0 Å². The molecule has 1 aromatic rings. The molecule has 1 aliphatic heterocycles. The van der Waals surface area contributed by atoms with E-state index in [1.54, 1.807) is 25.3 Å². The minimum atomic E-state index is -0.186. The van der Waals surface area contributed by atoms with Gasteiger partial charge in [0.15, 0.2) is 0 Å². The molecule has 5 heteroatoms. The van der Waals surface area contributed by atoms with Crippen molar-refractivity contribution in [1.29, 1.82) is 0 Å². The first kappa shape index (κ1) is 25.7. The fraction of sp³-hybridized carbons (Fsp3) is 0.579. The SMILES string of the molecule is CC.CC.COCCCCCCN1C(=O)c2c[c-]ccc2C1=O.[Y]. The third-order valence-electron chi connectivity index (χ3n) is 3.30. The van der Waals surface area contributed by atoms with Gasteiger partial charge in [0.25, 0.3) is 0 Å². The summed E-state index contributed by atoms with van der Waals surface area (Å²) in [5.41, 5.74) is 0.981. The van der Waals surface area contributed by atoms with E-state index in [2.05, 4.69) is 6.07 Å². The molecule has 0 spiro atoms. The summed E-state index contributed by atoms with van der Waals surface area (Å²) in [6.45, 7) is 9.27. The van der Waals surface area contributed by atoms with Crippen molar-refractivity contribution in [3.05, 3.63) is 35.4 Å². The van der Waals surface area contributed by atoms with Crippen LogP contribution >= 0.6 is 0 Å². The Balaban J connectivity index is 0. The third-order valence-corrected chi connectivity index (χ3v) is 3.30. The molecule has 0 fully saturated rings. The van der Waals surface area contributed by atoms with Gasteiger partial charge in [-0.05, 0) is 12.8 Å². The van der Waals surface area contributed by atoms with Crippen LogP contribution < -0.4 is 0 Å². The number of hydrogen-bond acceptors (Lipinski definition) is 3. The standard InChI is InChI=1S/C15H18NO3.2C2H6.Y/c1-19-11-7-3-2-6-10-16-14(17)12-8-4-5-9-13(12)15(16)18;2*1-2;/h4,8-9H,2-3,6-7,10-11H2,1H3;2*1-2H3;/q-1;;;. The topological polar surface area (TPSA) is 46.6 Å². The average Bonchev–Trinajstić information content (AvgIpc) is 2.86. The molecule has 24 heavy (non-hydrogen) atoms. The molecule has 1 radical (unpaired) electrons. The third kappa shape index (κ3) is 7.54. The summed E-state index contributed by atoms with van der Waals surface area (Å²) < 4.78 is 4.98. The number of unbranched alkanes of at least 4 members (excludes halogenated alkanes) is 3. The van der Waals surface area contributed by atoms with E-state index in [1.165, 1.54) is 4.90 Å². The van der Waals surface area contributed by atoms with E-state index in [1.807, 2.05) is 27.7 Å². The van der Waals surface area contributed by atoms with Crippen LogP contribution in [-0.2, 0) is 37.4 Å². The molecule has 2 amide bonds. The second-order valence-electron chi connectivity index (χ2n) is 4.64. The molecule has 0 bridgehead atoms. The number of carbonyl (C=O) groups excluding carboxylic acids is 2. The van der Waals surface area contributed by atoms with E-state index in [0.717, 1.165) is 32.3 Å². The monoisotopic (exact) mass is 409 g/mol. The van der Waals surface area contributed by atoms with Crippen LogP contribution in [0.3, 0.4) is 0 Å². The van der Waals surface area contributed by atoms with Gasteiger partial charge in [0.05, 0.1) is 0 Å². The normalized spacial score (nSPS) is 11.6. The summed E-state index contributed by atoms with van der Waals surface area (Å²) in [6, 6.07) is 7.76. The van der Waals surface area contributed by atoms with Crippen LogP contribution in [0, 0.1) is 6.07 Å². The Bertz CT molecular complexity index is 442. The van der Waals surface area contributed by atoms with E-state index in [9.17, 15) is 9.59 Å². The Morgan fingerprint density at radius 3 is 2.12 bits per heavy atom. The maximum Gasteiger partial charge on any atom is 0.236 e. The fourth-order valence-electron chi connectivity index (χ4n) is 2.25. The molecular weight excluding hydrogens is 379 g/mol. The summed E-state index contributed by atoms with van der Waals surface area (Å²) in [5, 5.41) is 0. The van der Waals surface area contributed by atoms with Crippen LogP contribution in [0.4, 0.5) is 0 Å². The largest absolute Gasteiger partial charge is 0.385 e. The van der Waals surface area contributed by atoms with Gasteiger partial charge in [-0.3, -0.25) is 14.5 Å². The molecular formula is C19H30NO3Y-. The molecule has 4 nitrogen and oxygen atoms in total. The summed E-state index contributed by atoms with van der Waals surface area (Å²) in [4.78, 5) is 25.4. The van der Waals surface area contributed by atoms with Crippen LogP contribution in [0.1, 0.15) is 74.1 Å². The maximum absolute atomic E-state index is 12.0. The van der Waals surface area contributed by atoms with E-state index in [4.69, 9.17) is 4.74 Å². The first-order valence-electron chi connectivity index (χ1n) is 8.61. The van der Waals surface area contributed by atoms with Gasteiger partial charge >= 0.3 is 0 Å². The van der Waals surface area contributed by atoms with Crippen molar-refractivity contribution in [2.24, 2.45) is 0 Å². The zero-order chi connectivity index (χ0) is 17.7. The van der Waals surface area contributed by atoms with Crippen molar-refractivity contribution in [3.63, 3.8) is 0 Å². The van der Waals surface area contributed by atoms with Gasteiger partial charge < -0.3 is 4.74 Å². The molecule has 1 aliphatic rings. The number of fused-ring (bicyclic) bond motifs is 1. The molecule has 0 aromatic heterocycles. The fourth-order valence-corrected chi connectivity index (χ4v) is 2.25. The van der Waals surface area contributed by atoms with Crippen LogP contribution in [0.5, 0.6) is 0 Å². The quantitative estimate of drug-likeness (QED) is 0.382. The smallest absolute Gasteiger partial charge is 0.236 e. The van der Waals surface area contributed by atoms with Crippen molar-refractivity contribution < 1.29 is 47.0 Å². The van der Waals surface area contributed by atoms with Crippen molar-refractivity contribution in [1.82, 2.24) is 4.90 Å². The molecule has 1 aromatic carbocycles.